The van der Waals surface area contributed by atoms with Crippen molar-refractivity contribution in [1.29, 1.82) is 0 Å². The molecule has 0 aliphatic carbocycles. The van der Waals surface area contributed by atoms with Gasteiger partial charge in [-0.1, -0.05) is 6.92 Å². The molecule has 1 aliphatic heterocycles. The summed E-state index contributed by atoms with van der Waals surface area (Å²) in [6.07, 6.45) is -2.37. The Balaban J connectivity index is 2.82. The van der Waals surface area contributed by atoms with E-state index in [9.17, 15) is 10.2 Å². The van der Waals surface area contributed by atoms with Gasteiger partial charge < -0.3 is 24.4 Å². The van der Waals surface area contributed by atoms with Gasteiger partial charge in [-0.2, -0.15) is 0 Å². The van der Waals surface area contributed by atoms with E-state index in [4.69, 9.17) is 14.2 Å². The summed E-state index contributed by atoms with van der Waals surface area (Å²) in [5.74, 6) is -0.269. The molecule has 5 atom stereocenters. The molecule has 15 heavy (non-hydrogen) atoms. The van der Waals surface area contributed by atoms with E-state index in [2.05, 4.69) is 0 Å². The number of aliphatic hydroxyl groups excluding tert-OH is 2. The molecule has 1 fully saturated rings. The van der Waals surface area contributed by atoms with Crippen LogP contribution in [0.4, 0.5) is 0 Å². The van der Waals surface area contributed by atoms with Gasteiger partial charge in [0.15, 0.2) is 6.29 Å². The zero-order valence-electron chi connectivity index (χ0n) is 9.64. The lowest BCUT2D eigenvalue weighted by atomic mass is 9.85. The maximum Gasteiger partial charge on any atom is 0.163 e. The summed E-state index contributed by atoms with van der Waals surface area (Å²) >= 11 is 0. The first-order valence-electron chi connectivity index (χ1n) is 5.02. The second-order valence-corrected chi connectivity index (χ2v) is 4.26. The molecule has 1 heterocycles. The fraction of sp³-hybridized carbons (Fsp3) is 1.00. The number of hydrogen-bond acceptors (Lipinski definition) is 5. The van der Waals surface area contributed by atoms with E-state index in [0.29, 0.717) is 0 Å². The van der Waals surface area contributed by atoms with Crippen LogP contribution in [0.25, 0.3) is 0 Å². The topological polar surface area (TPSA) is 68.2 Å². The van der Waals surface area contributed by atoms with E-state index < -0.39 is 24.1 Å². The summed E-state index contributed by atoms with van der Waals surface area (Å²) in [4.78, 5) is 0. The summed E-state index contributed by atoms with van der Waals surface area (Å²) in [5.41, 5.74) is -0.929. The largest absolute Gasteiger partial charge is 0.390 e. The molecule has 0 spiro atoms. The van der Waals surface area contributed by atoms with E-state index in [-0.39, 0.29) is 12.5 Å². The number of hydrogen-bond donors (Lipinski definition) is 2. The molecule has 2 N–H and O–H groups in total. The van der Waals surface area contributed by atoms with Gasteiger partial charge in [-0.15, -0.1) is 0 Å². The van der Waals surface area contributed by atoms with Crippen molar-refractivity contribution in [2.75, 3.05) is 20.8 Å². The number of methoxy groups -OCH3 is 2. The molecule has 5 heteroatoms. The van der Waals surface area contributed by atoms with Crippen LogP contribution in [-0.4, -0.2) is 55.1 Å². The Morgan fingerprint density at radius 3 is 2.40 bits per heavy atom. The van der Waals surface area contributed by atoms with Crippen molar-refractivity contribution in [2.45, 2.75) is 37.9 Å². The molecule has 0 aromatic rings. The molecule has 5 nitrogen and oxygen atoms in total. The highest BCUT2D eigenvalue weighted by Gasteiger charge is 2.49. The van der Waals surface area contributed by atoms with Crippen molar-refractivity contribution < 1.29 is 24.4 Å². The summed E-state index contributed by atoms with van der Waals surface area (Å²) in [6.45, 7) is 3.68. The first-order valence-corrected chi connectivity index (χ1v) is 5.02. The predicted octanol–water partition coefficient (Wildman–Crippen LogP) is -0.248. The Labute approximate surface area is 89.9 Å². The van der Waals surface area contributed by atoms with Crippen LogP contribution in [0.3, 0.4) is 0 Å². The third kappa shape index (κ3) is 2.32. The summed E-state index contributed by atoms with van der Waals surface area (Å²) < 4.78 is 15.7. The molecule has 0 aromatic heterocycles. The minimum absolute atomic E-state index is 0.206. The SMILES string of the molecule is COC[C@@]1(C)O[C@H](OC)[C@H](C)[C@@H](O)[C@H]1O. The van der Waals surface area contributed by atoms with Gasteiger partial charge in [0, 0.05) is 20.1 Å². The van der Waals surface area contributed by atoms with Crippen LogP contribution in [0.5, 0.6) is 0 Å². The van der Waals surface area contributed by atoms with Gasteiger partial charge in [0.25, 0.3) is 0 Å². The lowest BCUT2D eigenvalue weighted by molar-refractivity contribution is -0.313. The van der Waals surface area contributed by atoms with E-state index in [1.54, 1.807) is 13.8 Å². The van der Waals surface area contributed by atoms with Crippen LogP contribution in [0.2, 0.25) is 0 Å². The lowest BCUT2D eigenvalue weighted by Gasteiger charge is -2.46. The first kappa shape index (κ1) is 12.9. The maximum atomic E-state index is 9.90. The van der Waals surface area contributed by atoms with Crippen molar-refractivity contribution in [2.24, 2.45) is 5.92 Å². The van der Waals surface area contributed by atoms with Crippen molar-refractivity contribution >= 4 is 0 Å². The van der Waals surface area contributed by atoms with Gasteiger partial charge in [-0.25, -0.2) is 0 Å². The fourth-order valence-corrected chi connectivity index (χ4v) is 1.92. The van der Waals surface area contributed by atoms with Crippen molar-refractivity contribution in [1.82, 2.24) is 0 Å². The molecule has 1 aliphatic rings. The summed E-state index contributed by atoms with van der Waals surface area (Å²) in [6, 6.07) is 0. The van der Waals surface area contributed by atoms with Crippen LogP contribution in [0.1, 0.15) is 13.8 Å². The monoisotopic (exact) mass is 220 g/mol. The van der Waals surface area contributed by atoms with Crippen LogP contribution in [0, 0.1) is 5.92 Å². The van der Waals surface area contributed by atoms with Gasteiger partial charge >= 0.3 is 0 Å². The maximum absolute atomic E-state index is 9.90. The zero-order valence-corrected chi connectivity index (χ0v) is 9.64. The quantitative estimate of drug-likeness (QED) is 0.686. The lowest BCUT2D eigenvalue weighted by Crippen LogP contribution is -2.62. The standard InChI is InChI=1S/C10H20O5/c1-6-7(11)8(12)10(2,5-13-3)15-9(6)14-4/h6-9,11-12H,5H2,1-4H3/t6-,7-,8-,9+,10-/m1/s1. The van der Waals surface area contributed by atoms with E-state index in [1.807, 2.05) is 0 Å². The Bertz CT molecular complexity index is 208. The van der Waals surface area contributed by atoms with E-state index in [0.717, 1.165) is 0 Å². The van der Waals surface area contributed by atoms with Crippen molar-refractivity contribution in [3.05, 3.63) is 0 Å². The molecule has 90 valence electrons. The number of aliphatic hydroxyl groups is 2. The van der Waals surface area contributed by atoms with Crippen LogP contribution in [0.15, 0.2) is 0 Å². The Morgan fingerprint density at radius 1 is 1.33 bits per heavy atom. The van der Waals surface area contributed by atoms with Gasteiger partial charge in [0.05, 0.1) is 12.7 Å². The third-order valence-corrected chi connectivity index (χ3v) is 2.97. The van der Waals surface area contributed by atoms with Gasteiger partial charge in [-0.05, 0) is 6.92 Å². The highest BCUT2D eigenvalue weighted by molar-refractivity contribution is 4.96. The van der Waals surface area contributed by atoms with E-state index in [1.165, 1.54) is 14.2 Å². The Morgan fingerprint density at radius 2 is 1.93 bits per heavy atom. The third-order valence-electron chi connectivity index (χ3n) is 2.97. The van der Waals surface area contributed by atoms with Gasteiger partial charge in [-0.3, -0.25) is 0 Å². The fourth-order valence-electron chi connectivity index (χ4n) is 1.92. The minimum Gasteiger partial charge on any atom is -0.390 e. The Hall–Kier alpha value is -0.200. The highest BCUT2D eigenvalue weighted by atomic mass is 16.7. The smallest absolute Gasteiger partial charge is 0.163 e. The molecule has 0 saturated carbocycles. The predicted molar refractivity (Wildman–Crippen MR) is 53.3 cm³/mol. The molecular formula is C10H20O5. The number of rotatable bonds is 3. The Kier molecular flexibility index (Phi) is 4.08. The molecule has 0 unspecified atom stereocenters. The normalized spacial score (nSPS) is 46.8. The van der Waals surface area contributed by atoms with Gasteiger partial charge in [0.1, 0.15) is 11.7 Å². The van der Waals surface area contributed by atoms with E-state index >= 15 is 0 Å². The molecule has 0 radical (unpaired) electrons. The summed E-state index contributed by atoms with van der Waals surface area (Å²) in [7, 11) is 3.03. The van der Waals surface area contributed by atoms with Crippen LogP contribution >= 0.6 is 0 Å². The molecule has 0 amide bonds. The zero-order chi connectivity index (χ0) is 11.6. The average Bonchev–Trinajstić information content (AvgIpc) is 2.21. The molecule has 1 rings (SSSR count). The highest BCUT2D eigenvalue weighted by Crippen LogP contribution is 2.33. The van der Waals surface area contributed by atoms with Crippen LogP contribution < -0.4 is 0 Å². The first-order chi connectivity index (χ1) is 6.96. The van der Waals surface area contributed by atoms with Gasteiger partial charge in [0.2, 0.25) is 0 Å². The average molecular weight is 220 g/mol. The molecule has 0 bridgehead atoms. The molecule has 0 aromatic carbocycles. The molecular weight excluding hydrogens is 200 g/mol. The van der Waals surface area contributed by atoms with Crippen molar-refractivity contribution in [3.63, 3.8) is 0 Å². The second kappa shape index (κ2) is 4.76. The second-order valence-electron chi connectivity index (χ2n) is 4.26. The van der Waals surface area contributed by atoms with Crippen molar-refractivity contribution in [3.8, 4) is 0 Å². The van der Waals surface area contributed by atoms with Crippen LogP contribution in [-0.2, 0) is 14.2 Å². The number of ether oxygens (including phenoxy) is 3. The minimum atomic E-state index is -0.973. The molecule has 1 saturated heterocycles. The summed E-state index contributed by atoms with van der Waals surface area (Å²) in [5, 5.41) is 19.7.